The van der Waals surface area contributed by atoms with Crippen LogP contribution in [0, 0.1) is 0 Å². The van der Waals surface area contributed by atoms with Crippen LogP contribution in [0.5, 0.6) is 5.75 Å². The fourth-order valence-electron chi connectivity index (χ4n) is 2.11. The molecule has 0 heterocycles. The van der Waals surface area contributed by atoms with E-state index >= 15 is 0 Å². The van der Waals surface area contributed by atoms with E-state index in [-0.39, 0.29) is 16.9 Å². The minimum atomic E-state index is -2.90. The Morgan fingerprint density at radius 3 is 2.12 bits per heavy atom. The Morgan fingerprint density at radius 2 is 1.56 bits per heavy atom. The van der Waals surface area contributed by atoms with Gasteiger partial charge in [-0.25, -0.2) is 9.59 Å². The molecule has 1 atom stereocenters. The second-order valence-corrected chi connectivity index (χ2v) is 5.07. The summed E-state index contributed by atoms with van der Waals surface area (Å²) in [7, 11) is 1.25. The standard InChI is InChI=1S/C18H16F2O5/c1-11(12-6-8-15(9-7-12)25-18(19)20)24-17(22)14-5-3-4-13(10-14)16(21)23-2/h3-11,18H,1-2H3. The predicted molar refractivity (Wildman–Crippen MR) is 84.7 cm³/mol. The number of benzene rings is 2. The van der Waals surface area contributed by atoms with Gasteiger partial charge < -0.3 is 14.2 Å². The molecular weight excluding hydrogens is 334 g/mol. The van der Waals surface area contributed by atoms with Gasteiger partial charge in [0.15, 0.2) is 0 Å². The first kappa shape index (κ1) is 18.4. The van der Waals surface area contributed by atoms with Crippen molar-refractivity contribution in [2.24, 2.45) is 0 Å². The highest BCUT2D eigenvalue weighted by molar-refractivity contribution is 5.95. The Morgan fingerprint density at radius 1 is 0.960 bits per heavy atom. The molecule has 0 aliphatic heterocycles. The minimum Gasteiger partial charge on any atom is -0.465 e. The second kappa shape index (κ2) is 8.23. The van der Waals surface area contributed by atoms with E-state index in [9.17, 15) is 18.4 Å². The van der Waals surface area contributed by atoms with Crippen molar-refractivity contribution < 1.29 is 32.6 Å². The van der Waals surface area contributed by atoms with Crippen LogP contribution >= 0.6 is 0 Å². The van der Waals surface area contributed by atoms with E-state index in [1.54, 1.807) is 13.0 Å². The maximum absolute atomic E-state index is 12.2. The molecule has 0 saturated heterocycles. The van der Waals surface area contributed by atoms with Crippen LogP contribution in [0.3, 0.4) is 0 Å². The number of methoxy groups -OCH3 is 1. The first-order chi connectivity index (χ1) is 11.9. The summed E-state index contributed by atoms with van der Waals surface area (Å²) in [5.74, 6) is -1.16. The van der Waals surface area contributed by atoms with E-state index in [1.165, 1.54) is 49.6 Å². The molecular formula is C18H16F2O5. The minimum absolute atomic E-state index is 0.0167. The van der Waals surface area contributed by atoms with Crippen LogP contribution in [-0.4, -0.2) is 25.7 Å². The van der Waals surface area contributed by atoms with Crippen LogP contribution in [0.1, 0.15) is 39.3 Å². The summed E-state index contributed by atoms with van der Waals surface area (Å²) in [6, 6.07) is 11.7. The zero-order valence-electron chi connectivity index (χ0n) is 13.6. The van der Waals surface area contributed by atoms with Gasteiger partial charge in [0.1, 0.15) is 11.9 Å². The molecule has 2 aromatic carbocycles. The zero-order chi connectivity index (χ0) is 18.4. The van der Waals surface area contributed by atoms with Gasteiger partial charge in [-0.15, -0.1) is 0 Å². The van der Waals surface area contributed by atoms with E-state index in [4.69, 9.17) is 4.74 Å². The van der Waals surface area contributed by atoms with E-state index < -0.39 is 24.7 Å². The summed E-state index contributed by atoms with van der Waals surface area (Å²) in [6.07, 6.45) is -0.616. The van der Waals surface area contributed by atoms with Crippen LogP contribution in [0.25, 0.3) is 0 Å². The van der Waals surface area contributed by atoms with Crippen molar-refractivity contribution >= 4 is 11.9 Å². The van der Waals surface area contributed by atoms with Crippen LogP contribution in [0.2, 0.25) is 0 Å². The third-order valence-electron chi connectivity index (χ3n) is 3.38. The van der Waals surface area contributed by atoms with Gasteiger partial charge >= 0.3 is 18.6 Å². The zero-order valence-corrected chi connectivity index (χ0v) is 13.6. The van der Waals surface area contributed by atoms with Crippen molar-refractivity contribution in [3.8, 4) is 5.75 Å². The Hall–Kier alpha value is -2.96. The highest BCUT2D eigenvalue weighted by Gasteiger charge is 2.16. The van der Waals surface area contributed by atoms with Crippen molar-refractivity contribution in [2.45, 2.75) is 19.6 Å². The van der Waals surface area contributed by atoms with Gasteiger partial charge in [0.25, 0.3) is 0 Å². The summed E-state index contributed by atoms with van der Waals surface area (Å²) < 4.78 is 38.5. The normalized spacial score (nSPS) is 11.7. The number of ether oxygens (including phenoxy) is 3. The van der Waals surface area contributed by atoms with E-state index in [2.05, 4.69) is 9.47 Å². The lowest BCUT2D eigenvalue weighted by Crippen LogP contribution is -2.11. The van der Waals surface area contributed by atoms with E-state index in [0.717, 1.165) is 0 Å². The maximum atomic E-state index is 12.2. The first-order valence-corrected chi connectivity index (χ1v) is 7.35. The fraction of sp³-hybridized carbons (Fsp3) is 0.222. The lowest BCUT2D eigenvalue weighted by molar-refractivity contribution is -0.0498. The Labute approximate surface area is 143 Å². The monoisotopic (exact) mass is 350 g/mol. The Kier molecular flexibility index (Phi) is 6.05. The van der Waals surface area contributed by atoms with Crippen molar-refractivity contribution in [3.05, 3.63) is 65.2 Å². The molecule has 0 saturated carbocycles. The van der Waals surface area contributed by atoms with Gasteiger partial charge in [0, 0.05) is 0 Å². The maximum Gasteiger partial charge on any atom is 0.387 e. The van der Waals surface area contributed by atoms with Crippen molar-refractivity contribution in [3.63, 3.8) is 0 Å². The average Bonchev–Trinajstić information content (AvgIpc) is 2.61. The number of carbonyl (C=O) groups is 2. The molecule has 0 aromatic heterocycles. The SMILES string of the molecule is COC(=O)c1cccc(C(=O)OC(C)c2ccc(OC(F)F)cc2)c1. The summed E-state index contributed by atoms with van der Waals surface area (Å²) in [5.41, 5.74) is 1.05. The molecule has 0 bridgehead atoms. The number of carbonyl (C=O) groups excluding carboxylic acids is 2. The molecule has 25 heavy (non-hydrogen) atoms. The van der Waals surface area contributed by atoms with Gasteiger partial charge in [-0.1, -0.05) is 18.2 Å². The van der Waals surface area contributed by atoms with Gasteiger partial charge in [-0.2, -0.15) is 8.78 Å². The Bertz CT molecular complexity index is 743. The number of rotatable bonds is 6. The van der Waals surface area contributed by atoms with Crippen LogP contribution < -0.4 is 4.74 Å². The van der Waals surface area contributed by atoms with Crippen LogP contribution in [0.4, 0.5) is 8.78 Å². The number of alkyl halides is 2. The topological polar surface area (TPSA) is 61.8 Å². The van der Waals surface area contributed by atoms with E-state index in [1.807, 2.05) is 0 Å². The first-order valence-electron chi connectivity index (χ1n) is 7.35. The number of esters is 2. The number of hydrogen-bond acceptors (Lipinski definition) is 5. The van der Waals surface area contributed by atoms with Crippen LogP contribution in [-0.2, 0) is 9.47 Å². The van der Waals surface area contributed by atoms with Crippen LogP contribution in [0.15, 0.2) is 48.5 Å². The quantitative estimate of drug-likeness (QED) is 0.737. The molecule has 0 amide bonds. The van der Waals surface area contributed by atoms with Gasteiger partial charge in [0.2, 0.25) is 0 Å². The average molecular weight is 350 g/mol. The van der Waals surface area contributed by atoms with Crippen molar-refractivity contribution in [1.82, 2.24) is 0 Å². The summed E-state index contributed by atoms with van der Waals surface area (Å²) in [4.78, 5) is 23.7. The smallest absolute Gasteiger partial charge is 0.387 e. The summed E-state index contributed by atoms with van der Waals surface area (Å²) >= 11 is 0. The molecule has 1 unspecified atom stereocenters. The molecule has 2 aromatic rings. The van der Waals surface area contributed by atoms with Gasteiger partial charge in [-0.3, -0.25) is 0 Å². The van der Waals surface area contributed by atoms with E-state index in [0.29, 0.717) is 5.56 Å². The fourth-order valence-corrected chi connectivity index (χ4v) is 2.11. The van der Waals surface area contributed by atoms with Gasteiger partial charge in [0.05, 0.1) is 18.2 Å². The molecule has 0 spiro atoms. The molecule has 0 aliphatic rings. The molecule has 0 fully saturated rings. The van der Waals surface area contributed by atoms with Crippen molar-refractivity contribution in [2.75, 3.05) is 7.11 Å². The lowest BCUT2D eigenvalue weighted by atomic mass is 10.1. The highest BCUT2D eigenvalue weighted by Crippen LogP contribution is 2.22. The molecule has 0 radical (unpaired) electrons. The second-order valence-electron chi connectivity index (χ2n) is 5.07. The molecule has 132 valence electrons. The molecule has 5 nitrogen and oxygen atoms in total. The number of hydrogen-bond donors (Lipinski definition) is 0. The summed E-state index contributed by atoms with van der Waals surface area (Å²) in [5, 5.41) is 0. The predicted octanol–water partition coefficient (Wildman–Crippen LogP) is 3.99. The third-order valence-corrected chi connectivity index (χ3v) is 3.38. The third kappa shape index (κ3) is 5.00. The summed E-state index contributed by atoms with van der Waals surface area (Å²) in [6.45, 7) is -1.26. The highest BCUT2D eigenvalue weighted by atomic mass is 19.3. The lowest BCUT2D eigenvalue weighted by Gasteiger charge is -2.14. The van der Waals surface area contributed by atoms with Gasteiger partial charge in [-0.05, 0) is 42.8 Å². The Balaban J connectivity index is 2.06. The molecule has 0 N–H and O–H groups in total. The molecule has 7 heteroatoms. The largest absolute Gasteiger partial charge is 0.465 e. The molecule has 0 aliphatic carbocycles. The number of halogens is 2. The molecule has 2 rings (SSSR count). The van der Waals surface area contributed by atoms with Crippen molar-refractivity contribution in [1.29, 1.82) is 0 Å².